The van der Waals surface area contributed by atoms with Crippen LogP contribution in [0.15, 0.2) is 48.5 Å². The van der Waals surface area contributed by atoms with Gasteiger partial charge in [-0.2, -0.15) is 0 Å². The van der Waals surface area contributed by atoms with E-state index in [1.54, 1.807) is 4.90 Å². The van der Waals surface area contributed by atoms with Crippen LogP contribution in [0.4, 0.5) is 4.79 Å². The maximum absolute atomic E-state index is 13.6. The van der Waals surface area contributed by atoms with Gasteiger partial charge in [0.2, 0.25) is 5.91 Å². The normalized spacial score (nSPS) is 21.4. The minimum atomic E-state index is -0.935. The van der Waals surface area contributed by atoms with E-state index in [4.69, 9.17) is 11.6 Å². The molecule has 35 heavy (non-hydrogen) atoms. The lowest BCUT2D eigenvalue weighted by Crippen LogP contribution is -2.49. The number of rotatable bonds is 5. The minimum absolute atomic E-state index is 0.150. The molecule has 2 N–H and O–H groups in total. The zero-order valence-electron chi connectivity index (χ0n) is 20.1. The maximum atomic E-state index is 13.6. The summed E-state index contributed by atoms with van der Waals surface area (Å²) in [4.78, 5) is 45.7. The fraction of sp³-hybridized carbons (Fsp3) is 0.370. The first-order chi connectivity index (χ1) is 16.8. The second kappa shape index (κ2) is 8.72. The number of amides is 4. The van der Waals surface area contributed by atoms with Gasteiger partial charge in [0.1, 0.15) is 12.1 Å². The van der Waals surface area contributed by atoms with Gasteiger partial charge in [-0.1, -0.05) is 61.8 Å². The molecule has 2 aliphatic rings. The Balaban J connectivity index is 1.52. The number of benzene rings is 2. The summed E-state index contributed by atoms with van der Waals surface area (Å²) in [7, 11) is 0. The summed E-state index contributed by atoms with van der Waals surface area (Å²) in [5, 5.41) is 4.55. The van der Waals surface area contributed by atoms with Gasteiger partial charge in [0.15, 0.2) is 0 Å². The molecule has 4 amide bonds. The van der Waals surface area contributed by atoms with Crippen LogP contribution in [0.3, 0.4) is 0 Å². The van der Waals surface area contributed by atoms with Gasteiger partial charge in [0.25, 0.3) is 5.91 Å². The Bertz CT molecular complexity index is 1330. The van der Waals surface area contributed by atoms with Gasteiger partial charge in [-0.25, -0.2) is 4.79 Å². The summed E-state index contributed by atoms with van der Waals surface area (Å²) in [5.74, 6) is -0.756. The molecular formula is C27H29ClN4O3. The third kappa shape index (κ3) is 3.60. The molecule has 2 aromatic carbocycles. The molecule has 7 nitrogen and oxygen atoms in total. The van der Waals surface area contributed by atoms with Gasteiger partial charge < -0.3 is 15.2 Å². The predicted octanol–water partition coefficient (Wildman–Crippen LogP) is 4.97. The highest BCUT2D eigenvalue weighted by molar-refractivity contribution is 6.31. The number of imide groups is 1. The van der Waals surface area contributed by atoms with Crippen molar-refractivity contribution in [3.63, 3.8) is 0 Å². The molecule has 182 valence electrons. The first-order valence-corrected chi connectivity index (χ1v) is 12.5. The lowest BCUT2D eigenvalue weighted by molar-refractivity contribution is -0.140. The highest BCUT2D eigenvalue weighted by Crippen LogP contribution is 2.44. The van der Waals surface area contributed by atoms with Gasteiger partial charge >= 0.3 is 6.03 Å². The Kier molecular flexibility index (Phi) is 5.83. The first-order valence-electron chi connectivity index (χ1n) is 12.1. The molecule has 0 bridgehead atoms. The lowest BCUT2D eigenvalue weighted by Gasteiger charge is -2.39. The quantitative estimate of drug-likeness (QED) is 0.493. The molecule has 0 radical (unpaired) electrons. The molecule has 0 spiro atoms. The Hall–Kier alpha value is -3.32. The SMILES string of the molecule is CCC1(CC)NC(=O)N(CC(=O)N2CC(c3ccccc3Cl)c3c([nH]c4ccccc34)C2C)C1=O. The van der Waals surface area contributed by atoms with Crippen LogP contribution in [-0.4, -0.2) is 51.3 Å². The predicted molar refractivity (Wildman–Crippen MR) is 135 cm³/mol. The van der Waals surface area contributed by atoms with Gasteiger partial charge in [-0.3, -0.25) is 14.5 Å². The summed E-state index contributed by atoms with van der Waals surface area (Å²) < 4.78 is 0. The Morgan fingerprint density at radius 1 is 1.09 bits per heavy atom. The molecule has 0 aliphatic carbocycles. The van der Waals surface area contributed by atoms with E-state index in [0.29, 0.717) is 24.4 Å². The number of carbonyl (C=O) groups excluding carboxylic acids is 3. The van der Waals surface area contributed by atoms with Crippen molar-refractivity contribution in [2.24, 2.45) is 0 Å². The number of aromatic amines is 1. The number of halogens is 1. The smallest absolute Gasteiger partial charge is 0.325 e. The second-order valence-corrected chi connectivity index (χ2v) is 9.81. The van der Waals surface area contributed by atoms with Crippen molar-refractivity contribution < 1.29 is 14.4 Å². The molecule has 3 aromatic rings. The van der Waals surface area contributed by atoms with E-state index in [0.717, 1.165) is 32.6 Å². The van der Waals surface area contributed by atoms with Gasteiger partial charge in [0, 0.05) is 34.1 Å². The van der Waals surface area contributed by atoms with E-state index in [-0.39, 0.29) is 30.3 Å². The van der Waals surface area contributed by atoms with Crippen LogP contribution in [0.2, 0.25) is 5.02 Å². The number of nitrogens with one attached hydrogen (secondary N) is 2. The average Bonchev–Trinajstić information content (AvgIpc) is 3.36. The van der Waals surface area contributed by atoms with Gasteiger partial charge in [-0.15, -0.1) is 0 Å². The summed E-state index contributed by atoms with van der Waals surface area (Å²) in [6.45, 7) is 5.82. The first kappa shape index (κ1) is 23.4. The molecule has 1 fully saturated rings. The zero-order chi connectivity index (χ0) is 24.9. The molecule has 1 aromatic heterocycles. The number of hydrogen-bond acceptors (Lipinski definition) is 3. The van der Waals surface area contributed by atoms with E-state index in [9.17, 15) is 14.4 Å². The number of H-pyrrole nitrogens is 1. The maximum Gasteiger partial charge on any atom is 0.325 e. The summed E-state index contributed by atoms with van der Waals surface area (Å²) >= 11 is 6.63. The number of urea groups is 1. The van der Waals surface area contributed by atoms with Crippen LogP contribution in [-0.2, 0) is 9.59 Å². The molecule has 5 rings (SSSR count). The summed E-state index contributed by atoms with van der Waals surface area (Å²) in [5.41, 5.74) is 3.09. The fourth-order valence-corrected chi connectivity index (χ4v) is 5.86. The Morgan fingerprint density at radius 3 is 2.46 bits per heavy atom. The zero-order valence-corrected chi connectivity index (χ0v) is 20.9. The largest absolute Gasteiger partial charge is 0.356 e. The lowest BCUT2D eigenvalue weighted by atomic mass is 9.83. The van der Waals surface area contributed by atoms with Gasteiger partial charge in [0.05, 0.1) is 6.04 Å². The van der Waals surface area contributed by atoms with Crippen molar-refractivity contribution in [1.82, 2.24) is 20.1 Å². The number of fused-ring (bicyclic) bond motifs is 3. The third-order valence-electron chi connectivity index (χ3n) is 7.74. The highest BCUT2D eigenvalue weighted by atomic mass is 35.5. The molecule has 3 heterocycles. The summed E-state index contributed by atoms with van der Waals surface area (Å²) in [6, 6.07) is 15.0. The van der Waals surface area contributed by atoms with Crippen molar-refractivity contribution in [3.8, 4) is 0 Å². The Labute approximate surface area is 209 Å². The van der Waals surface area contributed by atoms with Crippen LogP contribution in [0.5, 0.6) is 0 Å². The molecule has 2 aliphatic heterocycles. The second-order valence-electron chi connectivity index (χ2n) is 9.40. The molecule has 8 heteroatoms. The molecule has 0 saturated carbocycles. The molecule has 2 unspecified atom stereocenters. The van der Waals surface area contributed by atoms with E-state index in [1.807, 2.05) is 63.2 Å². The number of hydrogen-bond donors (Lipinski definition) is 2. The number of nitrogens with zero attached hydrogens (tertiary/aromatic N) is 2. The average molecular weight is 493 g/mol. The van der Waals surface area contributed by atoms with E-state index >= 15 is 0 Å². The molecule has 1 saturated heterocycles. The van der Waals surface area contributed by atoms with Crippen LogP contribution < -0.4 is 5.32 Å². The number of carbonyl (C=O) groups is 3. The van der Waals surface area contributed by atoms with Crippen molar-refractivity contribution in [1.29, 1.82) is 0 Å². The van der Waals surface area contributed by atoms with Crippen molar-refractivity contribution in [3.05, 3.63) is 70.4 Å². The van der Waals surface area contributed by atoms with Crippen LogP contribution in [0, 0.1) is 0 Å². The van der Waals surface area contributed by atoms with E-state index in [1.165, 1.54) is 0 Å². The van der Waals surface area contributed by atoms with Crippen molar-refractivity contribution in [2.45, 2.75) is 51.1 Å². The van der Waals surface area contributed by atoms with Crippen LogP contribution in [0.25, 0.3) is 10.9 Å². The fourth-order valence-electron chi connectivity index (χ4n) is 5.60. The highest BCUT2D eigenvalue weighted by Gasteiger charge is 2.50. The standard InChI is InChI=1S/C27H29ClN4O3/c1-4-27(5-2)25(34)32(26(35)30-27)15-22(33)31-14-19(17-10-6-8-12-20(17)28)23-18-11-7-9-13-21(18)29-24(23)16(31)3/h6-13,16,19,29H,4-5,14-15H2,1-3H3,(H,30,35). The number of aromatic nitrogens is 1. The minimum Gasteiger partial charge on any atom is -0.356 e. The summed E-state index contributed by atoms with van der Waals surface area (Å²) in [6.07, 6.45) is 0.956. The van der Waals surface area contributed by atoms with Crippen molar-refractivity contribution in [2.75, 3.05) is 13.1 Å². The van der Waals surface area contributed by atoms with Crippen LogP contribution in [0.1, 0.15) is 62.4 Å². The van der Waals surface area contributed by atoms with Crippen LogP contribution >= 0.6 is 11.6 Å². The van der Waals surface area contributed by atoms with Crippen molar-refractivity contribution >= 4 is 40.3 Å². The van der Waals surface area contributed by atoms with E-state index in [2.05, 4.69) is 16.4 Å². The third-order valence-corrected chi connectivity index (χ3v) is 8.08. The monoisotopic (exact) mass is 492 g/mol. The molecular weight excluding hydrogens is 464 g/mol. The van der Waals surface area contributed by atoms with E-state index < -0.39 is 11.6 Å². The topological polar surface area (TPSA) is 85.5 Å². The van der Waals surface area contributed by atoms with Gasteiger partial charge in [-0.05, 0) is 43.0 Å². The number of para-hydroxylation sites is 1. The molecule has 2 atom stereocenters. The Morgan fingerprint density at radius 2 is 1.77 bits per heavy atom.